The first-order valence-corrected chi connectivity index (χ1v) is 7.72. The van der Waals surface area contributed by atoms with Crippen LogP contribution in [0.15, 0.2) is 53.0 Å². The van der Waals surface area contributed by atoms with Crippen LogP contribution in [-0.2, 0) is 13.1 Å². The predicted octanol–water partition coefficient (Wildman–Crippen LogP) is 3.45. The SMILES string of the molecule is COc1ccc(Br)c(CN(CCO)Cc2ccccc2)c1. The van der Waals surface area contributed by atoms with Gasteiger partial charge < -0.3 is 9.84 Å². The first-order valence-electron chi connectivity index (χ1n) is 6.92. The molecular weight excluding hydrogens is 330 g/mol. The lowest BCUT2D eigenvalue weighted by Crippen LogP contribution is -2.26. The van der Waals surface area contributed by atoms with E-state index in [2.05, 4.69) is 33.0 Å². The van der Waals surface area contributed by atoms with Gasteiger partial charge in [-0.2, -0.15) is 0 Å². The normalized spacial score (nSPS) is 10.9. The maximum Gasteiger partial charge on any atom is 0.119 e. The van der Waals surface area contributed by atoms with Crippen LogP contribution in [0, 0.1) is 0 Å². The van der Waals surface area contributed by atoms with Crippen molar-refractivity contribution >= 4 is 15.9 Å². The molecule has 0 aliphatic heterocycles. The van der Waals surface area contributed by atoms with Crippen molar-refractivity contribution in [1.82, 2.24) is 4.90 Å². The molecule has 0 radical (unpaired) electrons. The lowest BCUT2D eigenvalue weighted by atomic mass is 10.1. The monoisotopic (exact) mass is 349 g/mol. The Kier molecular flexibility index (Phi) is 6.23. The van der Waals surface area contributed by atoms with Crippen molar-refractivity contribution in [2.45, 2.75) is 13.1 Å². The maximum atomic E-state index is 9.28. The fraction of sp³-hybridized carbons (Fsp3) is 0.294. The summed E-state index contributed by atoms with van der Waals surface area (Å²) in [6.45, 7) is 2.35. The maximum absolute atomic E-state index is 9.28. The van der Waals surface area contributed by atoms with E-state index in [1.54, 1.807) is 7.11 Å². The average molecular weight is 350 g/mol. The lowest BCUT2D eigenvalue weighted by Gasteiger charge is -2.22. The highest BCUT2D eigenvalue weighted by atomic mass is 79.9. The summed E-state index contributed by atoms with van der Waals surface area (Å²) in [6, 6.07) is 16.2. The van der Waals surface area contributed by atoms with E-state index < -0.39 is 0 Å². The van der Waals surface area contributed by atoms with Crippen LogP contribution in [0.3, 0.4) is 0 Å². The first kappa shape index (κ1) is 16.0. The topological polar surface area (TPSA) is 32.7 Å². The van der Waals surface area contributed by atoms with E-state index >= 15 is 0 Å². The Labute approximate surface area is 134 Å². The summed E-state index contributed by atoms with van der Waals surface area (Å²) in [5.41, 5.74) is 2.39. The molecule has 2 aromatic rings. The molecule has 2 aromatic carbocycles. The van der Waals surface area contributed by atoms with Crippen molar-refractivity contribution in [2.75, 3.05) is 20.3 Å². The Bertz CT molecular complexity index is 560. The number of hydrogen-bond donors (Lipinski definition) is 1. The molecule has 2 rings (SSSR count). The van der Waals surface area contributed by atoms with E-state index in [9.17, 15) is 5.11 Å². The molecule has 4 heteroatoms. The number of halogens is 1. The number of rotatable bonds is 7. The molecule has 0 amide bonds. The Morgan fingerprint density at radius 2 is 1.86 bits per heavy atom. The first-order chi connectivity index (χ1) is 10.2. The molecule has 0 atom stereocenters. The highest BCUT2D eigenvalue weighted by Crippen LogP contribution is 2.24. The van der Waals surface area contributed by atoms with Gasteiger partial charge in [-0.25, -0.2) is 0 Å². The Morgan fingerprint density at radius 3 is 2.52 bits per heavy atom. The van der Waals surface area contributed by atoms with E-state index in [1.165, 1.54) is 5.56 Å². The molecule has 0 aliphatic carbocycles. The molecule has 3 nitrogen and oxygen atoms in total. The summed E-state index contributed by atoms with van der Waals surface area (Å²) >= 11 is 3.58. The van der Waals surface area contributed by atoms with E-state index in [4.69, 9.17) is 4.74 Å². The summed E-state index contributed by atoms with van der Waals surface area (Å²) in [4.78, 5) is 2.22. The molecule has 0 bridgehead atoms. The minimum Gasteiger partial charge on any atom is -0.497 e. The molecule has 0 saturated heterocycles. The van der Waals surface area contributed by atoms with Gasteiger partial charge in [-0.3, -0.25) is 4.90 Å². The van der Waals surface area contributed by atoms with Crippen molar-refractivity contribution in [3.63, 3.8) is 0 Å². The fourth-order valence-electron chi connectivity index (χ4n) is 2.24. The Hall–Kier alpha value is -1.36. The highest BCUT2D eigenvalue weighted by Gasteiger charge is 2.10. The van der Waals surface area contributed by atoms with E-state index in [0.717, 1.165) is 28.9 Å². The molecule has 0 saturated carbocycles. The second-order valence-corrected chi connectivity index (χ2v) is 5.73. The second kappa shape index (κ2) is 8.17. The summed E-state index contributed by atoms with van der Waals surface area (Å²) in [7, 11) is 1.67. The molecule has 0 fully saturated rings. The van der Waals surface area contributed by atoms with Gasteiger partial charge in [0.25, 0.3) is 0 Å². The molecule has 0 heterocycles. The Morgan fingerprint density at radius 1 is 1.10 bits per heavy atom. The third-order valence-corrected chi connectivity index (χ3v) is 4.09. The number of aliphatic hydroxyl groups excluding tert-OH is 1. The van der Waals surface area contributed by atoms with Crippen molar-refractivity contribution in [3.8, 4) is 5.75 Å². The molecule has 1 N–H and O–H groups in total. The number of benzene rings is 2. The zero-order valence-corrected chi connectivity index (χ0v) is 13.7. The van der Waals surface area contributed by atoms with Crippen molar-refractivity contribution in [3.05, 3.63) is 64.1 Å². The molecule has 0 unspecified atom stereocenters. The van der Waals surface area contributed by atoms with E-state index in [-0.39, 0.29) is 6.61 Å². The van der Waals surface area contributed by atoms with Crippen LogP contribution in [-0.4, -0.2) is 30.3 Å². The molecule has 21 heavy (non-hydrogen) atoms. The predicted molar refractivity (Wildman–Crippen MR) is 88.3 cm³/mol. The van der Waals surface area contributed by atoms with Gasteiger partial charge in [-0.05, 0) is 29.3 Å². The smallest absolute Gasteiger partial charge is 0.119 e. The van der Waals surface area contributed by atoms with Gasteiger partial charge >= 0.3 is 0 Å². The molecule has 0 spiro atoms. The van der Waals surface area contributed by atoms with Crippen LogP contribution >= 0.6 is 15.9 Å². The largest absolute Gasteiger partial charge is 0.497 e. The quantitative estimate of drug-likeness (QED) is 0.830. The fourth-order valence-corrected chi connectivity index (χ4v) is 2.61. The van der Waals surface area contributed by atoms with Gasteiger partial charge in [0, 0.05) is 24.1 Å². The third-order valence-electron chi connectivity index (χ3n) is 3.31. The minimum atomic E-state index is 0.147. The number of hydrogen-bond acceptors (Lipinski definition) is 3. The third kappa shape index (κ3) is 4.84. The van der Waals surface area contributed by atoms with Crippen LogP contribution in [0.4, 0.5) is 0 Å². The van der Waals surface area contributed by atoms with Crippen molar-refractivity contribution in [2.24, 2.45) is 0 Å². The molecule has 112 valence electrons. The van der Waals surface area contributed by atoms with Crippen molar-refractivity contribution in [1.29, 1.82) is 0 Å². The van der Waals surface area contributed by atoms with Gasteiger partial charge in [0.15, 0.2) is 0 Å². The summed E-state index contributed by atoms with van der Waals surface area (Å²) in [5, 5.41) is 9.28. The van der Waals surface area contributed by atoms with Gasteiger partial charge in [0.05, 0.1) is 13.7 Å². The molecule has 0 aromatic heterocycles. The highest BCUT2D eigenvalue weighted by molar-refractivity contribution is 9.10. The number of nitrogens with zero attached hydrogens (tertiary/aromatic N) is 1. The summed E-state index contributed by atoms with van der Waals surface area (Å²) < 4.78 is 6.34. The number of methoxy groups -OCH3 is 1. The van der Waals surface area contributed by atoms with E-state index in [1.807, 2.05) is 36.4 Å². The zero-order valence-electron chi connectivity index (χ0n) is 12.1. The standard InChI is InChI=1S/C17H20BrNO2/c1-21-16-7-8-17(18)15(11-16)13-19(9-10-20)12-14-5-3-2-4-6-14/h2-8,11,20H,9-10,12-13H2,1H3. The zero-order chi connectivity index (χ0) is 15.1. The summed E-state index contributed by atoms with van der Waals surface area (Å²) in [6.07, 6.45) is 0. The summed E-state index contributed by atoms with van der Waals surface area (Å²) in [5.74, 6) is 0.844. The molecular formula is C17H20BrNO2. The van der Waals surface area contributed by atoms with Crippen LogP contribution in [0.25, 0.3) is 0 Å². The second-order valence-electron chi connectivity index (χ2n) is 4.88. The van der Waals surface area contributed by atoms with Gasteiger partial charge in [0.2, 0.25) is 0 Å². The Balaban J connectivity index is 2.12. The van der Waals surface area contributed by atoms with Crippen LogP contribution in [0.2, 0.25) is 0 Å². The number of ether oxygens (including phenoxy) is 1. The van der Waals surface area contributed by atoms with Crippen LogP contribution in [0.5, 0.6) is 5.75 Å². The van der Waals surface area contributed by atoms with Crippen LogP contribution in [0.1, 0.15) is 11.1 Å². The molecule has 0 aliphatic rings. The van der Waals surface area contributed by atoms with Gasteiger partial charge in [-0.1, -0.05) is 46.3 Å². The van der Waals surface area contributed by atoms with Crippen LogP contribution < -0.4 is 4.74 Å². The lowest BCUT2D eigenvalue weighted by molar-refractivity contribution is 0.184. The van der Waals surface area contributed by atoms with Gasteiger partial charge in [-0.15, -0.1) is 0 Å². The minimum absolute atomic E-state index is 0.147. The average Bonchev–Trinajstić information content (AvgIpc) is 2.51. The number of aliphatic hydroxyl groups is 1. The van der Waals surface area contributed by atoms with Gasteiger partial charge in [0.1, 0.15) is 5.75 Å². The van der Waals surface area contributed by atoms with Crippen molar-refractivity contribution < 1.29 is 9.84 Å². The van der Waals surface area contributed by atoms with E-state index in [0.29, 0.717) is 6.54 Å².